The molecule has 68 heavy (non-hydrogen) atoms. The third-order valence-electron chi connectivity index (χ3n) is 20.4. The lowest BCUT2D eigenvalue weighted by atomic mass is 9.64. The topological polar surface area (TPSA) is 0 Å². The molecule has 6 unspecified atom stereocenters. The quantitative estimate of drug-likeness (QED) is 0.271. The normalized spacial score (nSPS) is 30.8. The van der Waals surface area contributed by atoms with E-state index < -0.39 is 0 Å². The Morgan fingerprint density at radius 2 is 1.32 bits per heavy atom. The van der Waals surface area contributed by atoms with Crippen LogP contribution in [0.5, 0.6) is 0 Å². The summed E-state index contributed by atoms with van der Waals surface area (Å²) in [4.78, 5) is 0. The number of fused-ring (bicyclic) bond motifs is 13. The lowest BCUT2D eigenvalue weighted by Gasteiger charge is -2.40. The van der Waals surface area contributed by atoms with Crippen molar-refractivity contribution < 1.29 is 0 Å². The van der Waals surface area contributed by atoms with Gasteiger partial charge in [-0.1, -0.05) is 167 Å². The van der Waals surface area contributed by atoms with E-state index in [1.165, 1.54) is 102 Å². The highest BCUT2D eigenvalue weighted by atomic mass is 14.6. The van der Waals surface area contributed by atoms with E-state index in [1.54, 1.807) is 94.7 Å². The molecule has 0 aliphatic heterocycles. The minimum absolute atomic E-state index is 0.0961. The van der Waals surface area contributed by atoms with E-state index in [0.717, 1.165) is 0 Å². The lowest BCUT2D eigenvalue weighted by Crippen LogP contribution is -2.32. The summed E-state index contributed by atoms with van der Waals surface area (Å²) in [6.07, 6.45) is 54.6. The molecule has 0 fully saturated rings. The average Bonchev–Trinajstić information content (AvgIpc) is 4.01. The molecule has 0 amide bonds. The van der Waals surface area contributed by atoms with Crippen LogP contribution in [0.1, 0.15) is 152 Å². The van der Waals surface area contributed by atoms with Crippen molar-refractivity contribution in [1.29, 1.82) is 0 Å². The van der Waals surface area contributed by atoms with Gasteiger partial charge in [-0.2, -0.15) is 0 Å². The van der Waals surface area contributed by atoms with Gasteiger partial charge in [0.1, 0.15) is 0 Å². The Balaban J connectivity index is 0.761. The average molecular weight is 887 g/mol. The predicted molar refractivity (Wildman–Crippen MR) is 284 cm³/mol. The molecule has 0 saturated carbocycles. The van der Waals surface area contributed by atoms with Crippen molar-refractivity contribution in [1.82, 2.24) is 0 Å². The maximum Gasteiger partial charge on any atom is 0.0712 e. The number of hydrogen-bond donors (Lipinski definition) is 0. The van der Waals surface area contributed by atoms with E-state index >= 15 is 0 Å². The van der Waals surface area contributed by atoms with Gasteiger partial charge in [-0.25, -0.2) is 0 Å². The summed E-state index contributed by atoms with van der Waals surface area (Å²) >= 11 is 0. The van der Waals surface area contributed by atoms with Gasteiger partial charge < -0.3 is 0 Å². The van der Waals surface area contributed by atoms with Crippen molar-refractivity contribution in [2.45, 2.75) is 141 Å². The fourth-order valence-corrected chi connectivity index (χ4v) is 17.0. The Morgan fingerprint density at radius 3 is 2.07 bits per heavy atom. The van der Waals surface area contributed by atoms with Gasteiger partial charge in [0.25, 0.3) is 0 Å². The van der Waals surface area contributed by atoms with Gasteiger partial charge in [0.05, 0.1) is 5.41 Å². The summed E-state index contributed by atoms with van der Waals surface area (Å²) in [6.45, 7) is 10.1. The molecule has 12 aliphatic carbocycles. The summed E-state index contributed by atoms with van der Waals surface area (Å²) in [5.74, 6) is 3.46. The van der Waals surface area contributed by atoms with Gasteiger partial charge in [-0.05, 0) is 231 Å². The molecule has 0 N–H and O–H groups in total. The Morgan fingerprint density at radius 1 is 0.647 bits per heavy atom. The van der Waals surface area contributed by atoms with Gasteiger partial charge in [0.15, 0.2) is 0 Å². The molecule has 12 aliphatic rings. The molecule has 0 nitrogen and oxygen atoms in total. The van der Waals surface area contributed by atoms with Crippen molar-refractivity contribution in [2.24, 2.45) is 35.0 Å². The first-order valence-corrected chi connectivity index (χ1v) is 27.3. The highest BCUT2D eigenvalue weighted by Crippen LogP contribution is 2.68. The molecule has 14 rings (SSSR count). The molecular formula is C68H70. The zero-order valence-corrected chi connectivity index (χ0v) is 41.3. The highest BCUT2D eigenvalue weighted by molar-refractivity contribution is 5.81. The van der Waals surface area contributed by atoms with Gasteiger partial charge >= 0.3 is 0 Å². The van der Waals surface area contributed by atoms with Gasteiger partial charge in [-0.3, -0.25) is 0 Å². The van der Waals surface area contributed by atoms with Crippen LogP contribution in [-0.2, 0) is 10.8 Å². The van der Waals surface area contributed by atoms with E-state index in [2.05, 4.69) is 161 Å². The monoisotopic (exact) mass is 887 g/mol. The van der Waals surface area contributed by atoms with Crippen LogP contribution in [0.2, 0.25) is 0 Å². The molecular weight excluding hydrogens is 817 g/mol. The minimum Gasteiger partial charge on any atom is -0.0839 e. The second kappa shape index (κ2) is 15.4. The first-order valence-electron chi connectivity index (χ1n) is 27.3. The van der Waals surface area contributed by atoms with Gasteiger partial charge in [0.2, 0.25) is 0 Å². The summed E-state index contributed by atoms with van der Waals surface area (Å²) in [7, 11) is 0. The van der Waals surface area contributed by atoms with E-state index in [9.17, 15) is 0 Å². The lowest BCUT2D eigenvalue weighted by molar-refractivity contribution is 0.254. The van der Waals surface area contributed by atoms with E-state index in [-0.39, 0.29) is 16.2 Å². The van der Waals surface area contributed by atoms with E-state index in [0.29, 0.717) is 35.5 Å². The molecule has 342 valence electrons. The van der Waals surface area contributed by atoms with Crippen LogP contribution in [-0.4, -0.2) is 0 Å². The summed E-state index contributed by atoms with van der Waals surface area (Å²) < 4.78 is 0. The Bertz CT molecular complexity index is 3000. The SMILES string of the molecule is CC1(C)c2ccccc2C2=CCC(C(CCC3=CC=C4C=C(C5=CC6=C(CC5)C5=C(C=CCC5)C65C6=C(CCC=C6)C6=C5C=CCC6)CCC4C3)C3=CC4C(C=C3)c3ccccc3C4(C)C)CC21. The molecule has 0 aromatic heterocycles. The Labute approximate surface area is 407 Å². The Hall–Kier alpha value is -5.20. The minimum atomic E-state index is -0.0961. The fourth-order valence-electron chi connectivity index (χ4n) is 17.0. The maximum absolute atomic E-state index is 2.79. The molecule has 1 spiro atoms. The molecule has 2 aromatic rings. The smallest absolute Gasteiger partial charge is 0.0712 e. The van der Waals surface area contributed by atoms with Crippen LogP contribution >= 0.6 is 0 Å². The molecule has 0 bridgehead atoms. The van der Waals surface area contributed by atoms with E-state index in [4.69, 9.17) is 0 Å². The predicted octanol–water partition coefficient (Wildman–Crippen LogP) is 17.5. The van der Waals surface area contributed by atoms with E-state index in [1.807, 2.05) is 0 Å². The summed E-state index contributed by atoms with van der Waals surface area (Å²) in [6, 6.07) is 18.7. The van der Waals surface area contributed by atoms with Crippen molar-refractivity contribution in [3.8, 4) is 0 Å². The number of rotatable bonds is 6. The zero-order valence-electron chi connectivity index (χ0n) is 41.3. The first kappa shape index (κ1) is 41.7. The molecule has 0 saturated heterocycles. The second-order valence-corrected chi connectivity index (χ2v) is 24.2. The number of hydrogen-bond acceptors (Lipinski definition) is 0. The molecule has 0 heteroatoms. The summed E-state index contributed by atoms with van der Waals surface area (Å²) in [5.41, 5.74) is 29.5. The molecule has 0 heterocycles. The van der Waals surface area contributed by atoms with Crippen LogP contribution in [0.3, 0.4) is 0 Å². The van der Waals surface area contributed by atoms with Crippen LogP contribution in [0.4, 0.5) is 0 Å². The third kappa shape index (κ3) is 5.91. The second-order valence-electron chi connectivity index (χ2n) is 24.2. The van der Waals surface area contributed by atoms with Crippen LogP contribution in [0.15, 0.2) is 206 Å². The van der Waals surface area contributed by atoms with Crippen molar-refractivity contribution >= 4 is 5.57 Å². The number of benzene rings is 2. The van der Waals surface area contributed by atoms with Crippen LogP contribution in [0, 0.1) is 35.0 Å². The standard InChI is InChI=1S/C68H70/c1-66(2)58-20-10-5-15-50(58)55-35-31-47(40-63(55)66)49(48-32-36-56-51-16-6-11-21-59(51)67(3,4)64(56)41-48)33-26-42-25-27-44-38-45(29-28-43(44)37-42)46-30-34-57-54-19-9-14-24-62(54)68(65(57)39-46)60-22-12-7-17-52(60)53-18-8-13-23-61(53)68/h5-6,10-16,20-25,27,31,35-36,38-40,43,48-49,55,63-64H,7-9,17-19,26,28-30,32-34,37,41H2,1-4H3. The molecule has 6 atom stereocenters. The van der Waals surface area contributed by atoms with Crippen LogP contribution < -0.4 is 0 Å². The Kier molecular flexibility index (Phi) is 9.45. The van der Waals surface area contributed by atoms with Gasteiger partial charge in [0, 0.05) is 5.92 Å². The zero-order chi connectivity index (χ0) is 45.5. The fraction of sp³-hybridized carbons (Fsp3) is 0.412. The molecule has 0 radical (unpaired) electrons. The van der Waals surface area contributed by atoms with Crippen molar-refractivity contribution in [3.05, 3.63) is 228 Å². The largest absolute Gasteiger partial charge is 0.0839 e. The van der Waals surface area contributed by atoms with Crippen molar-refractivity contribution in [2.75, 3.05) is 0 Å². The molecule has 2 aromatic carbocycles. The van der Waals surface area contributed by atoms with Gasteiger partial charge in [-0.15, -0.1) is 0 Å². The first-order chi connectivity index (χ1) is 33.2. The third-order valence-corrected chi connectivity index (χ3v) is 20.4. The van der Waals surface area contributed by atoms with Crippen LogP contribution in [0.25, 0.3) is 5.57 Å². The number of allylic oxidation sites excluding steroid dienone is 28. The highest BCUT2D eigenvalue weighted by Gasteiger charge is 2.55. The van der Waals surface area contributed by atoms with Crippen molar-refractivity contribution in [3.63, 3.8) is 0 Å². The maximum atomic E-state index is 2.79. The summed E-state index contributed by atoms with van der Waals surface area (Å²) in [5, 5.41) is 0.